The zero-order chi connectivity index (χ0) is 16.8. The number of aliphatic hydroxyl groups is 1. The van der Waals surface area contributed by atoms with Gasteiger partial charge in [-0.3, -0.25) is 0 Å². The van der Waals surface area contributed by atoms with Gasteiger partial charge in [0.05, 0.1) is 11.4 Å². The molecular weight excluding hydrogens is 339 g/mol. The summed E-state index contributed by atoms with van der Waals surface area (Å²) in [7, 11) is -4.40. The van der Waals surface area contributed by atoms with Crippen LogP contribution in [-0.4, -0.2) is 29.4 Å². The van der Waals surface area contributed by atoms with Crippen LogP contribution in [-0.2, 0) is 10.1 Å². The summed E-state index contributed by atoms with van der Waals surface area (Å²) < 4.78 is 33.7. The fraction of sp³-hybridized carbons (Fsp3) is 1.00. The van der Waals surface area contributed by atoms with Crippen LogP contribution in [0.5, 0.6) is 0 Å². The predicted octanol–water partition coefficient (Wildman–Crippen LogP) is 1.38. The maximum atomic E-state index is 11.2. The van der Waals surface area contributed by atoms with Gasteiger partial charge in [-0.15, -0.1) is 0 Å². The van der Waals surface area contributed by atoms with Crippen LogP contribution in [0.1, 0.15) is 97.3 Å². The van der Waals surface area contributed by atoms with Gasteiger partial charge in [0.1, 0.15) is 10.1 Å². The Morgan fingerprint density at radius 1 is 0.783 bits per heavy atom. The summed E-state index contributed by atoms with van der Waals surface area (Å²) >= 11 is 0. The first-order valence-corrected chi connectivity index (χ1v) is 10.5. The zero-order valence-electron chi connectivity index (χ0n) is 15.4. The molecule has 2 unspecified atom stereocenters. The van der Waals surface area contributed by atoms with Crippen LogP contribution in [0.15, 0.2) is 0 Å². The fourth-order valence-electron chi connectivity index (χ4n) is 2.84. The Balaban J connectivity index is 0. The number of aliphatic hydroxyl groups excluding tert-OH is 1. The van der Waals surface area contributed by atoms with Crippen LogP contribution in [0.4, 0.5) is 0 Å². The first-order chi connectivity index (χ1) is 10.4. The summed E-state index contributed by atoms with van der Waals surface area (Å²) in [6.07, 6.45) is 12.0. The molecule has 0 aromatic carbocycles. The maximum Gasteiger partial charge on any atom is 1.00 e. The zero-order valence-corrected chi connectivity index (χ0v) is 19.4. The Morgan fingerprint density at radius 3 is 1.61 bits per heavy atom. The minimum absolute atomic E-state index is 0. The monoisotopic (exact) mass is 374 g/mol. The van der Waals surface area contributed by atoms with Crippen molar-refractivity contribution in [2.75, 3.05) is 0 Å². The van der Waals surface area contributed by atoms with Gasteiger partial charge in [0.15, 0.2) is 0 Å². The number of hydrogen-bond acceptors (Lipinski definition) is 4. The average molecular weight is 375 g/mol. The van der Waals surface area contributed by atoms with Crippen LogP contribution in [0.3, 0.4) is 0 Å². The van der Waals surface area contributed by atoms with E-state index in [-0.39, 0.29) is 51.4 Å². The van der Waals surface area contributed by atoms with Gasteiger partial charge < -0.3 is 9.66 Å². The van der Waals surface area contributed by atoms with Crippen molar-refractivity contribution >= 4 is 10.1 Å². The standard InChI is InChI=1S/C17H36O4S.K/c1-3-5-6-7-8-9-10-11-12-13-15-17(22(19,20)21)16(18)14-4-2;/h16-18H,3-15H2,1-2H3,(H,19,20,21);/q;+1/p-1. The van der Waals surface area contributed by atoms with E-state index in [4.69, 9.17) is 0 Å². The molecule has 4 nitrogen and oxygen atoms in total. The van der Waals surface area contributed by atoms with Gasteiger partial charge in [0, 0.05) is 0 Å². The Kier molecular flexibility index (Phi) is 19.7. The number of unbranched alkanes of at least 4 members (excludes halogenated alkanes) is 9. The molecule has 0 rings (SSSR count). The van der Waals surface area contributed by atoms with Crippen LogP contribution < -0.4 is 51.4 Å². The third kappa shape index (κ3) is 15.5. The summed E-state index contributed by atoms with van der Waals surface area (Å²) in [5, 5.41) is 8.69. The van der Waals surface area contributed by atoms with Crippen molar-refractivity contribution in [1.82, 2.24) is 0 Å². The van der Waals surface area contributed by atoms with Crippen molar-refractivity contribution in [3.05, 3.63) is 0 Å². The molecule has 0 fully saturated rings. The summed E-state index contributed by atoms with van der Waals surface area (Å²) in [4.78, 5) is 0. The van der Waals surface area contributed by atoms with Crippen LogP contribution in [0.25, 0.3) is 0 Å². The second-order valence-corrected chi connectivity index (χ2v) is 7.95. The molecule has 0 aliphatic rings. The quantitative estimate of drug-likeness (QED) is 0.267. The Bertz CT molecular complexity index is 347. The molecule has 23 heavy (non-hydrogen) atoms. The van der Waals surface area contributed by atoms with Gasteiger partial charge in [0.25, 0.3) is 0 Å². The predicted molar refractivity (Wildman–Crippen MR) is 90.9 cm³/mol. The van der Waals surface area contributed by atoms with Gasteiger partial charge in [0.2, 0.25) is 0 Å². The second-order valence-electron chi connectivity index (χ2n) is 6.36. The summed E-state index contributed by atoms with van der Waals surface area (Å²) in [5.41, 5.74) is 0. The van der Waals surface area contributed by atoms with E-state index in [0.717, 1.165) is 12.8 Å². The summed E-state index contributed by atoms with van der Waals surface area (Å²) in [6.45, 7) is 4.09. The van der Waals surface area contributed by atoms with Crippen molar-refractivity contribution in [2.24, 2.45) is 0 Å². The van der Waals surface area contributed by atoms with Crippen molar-refractivity contribution in [3.63, 3.8) is 0 Å². The molecule has 1 N–H and O–H groups in total. The van der Waals surface area contributed by atoms with Crippen molar-refractivity contribution in [3.8, 4) is 0 Å². The molecule has 0 saturated heterocycles. The molecule has 0 radical (unpaired) electrons. The molecule has 0 spiro atoms. The van der Waals surface area contributed by atoms with Crippen molar-refractivity contribution < 1.29 is 69.5 Å². The summed E-state index contributed by atoms with van der Waals surface area (Å²) in [5.74, 6) is 0. The van der Waals surface area contributed by atoms with Crippen LogP contribution in [0.2, 0.25) is 0 Å². The van der Waals surface area contributed by atoms with Gasteiger partial charge >= 0.3 is 51.4 Å². The molecule has 0 aromatic heterocycles. The van der Waals surface area contributed by atoms with E-state index in [1.54, 1.807) is 0 Å². The molecule has 0 amide bonds. The first kappa shape index (κ1) is 26.7. The van der Waals surface area contributed by atoms with E-state index >= 15 is 0 Å². The molecule has 0 aliphatic heterocycles. The first-order valence-electron chi connectivity index (χ1n) is 9.06. The van der Waals surface area contributed by atoms with Crippen molar-refractivity contribution in [1.29, 1.82) is 0 Å². The van der Waals surface area contributed by atoms with E-state index < -0.39 is 21.5 Å². The van der Waals surface area contributed by atoms with E-state index in [2.05, 4.69) is 6.92 Å². The van der Waals surface area contributed by atoms with E-state index in [0.29, 0.717) is 25.7 Å². The van der Waals surface area contributed by atoms with Gasteiger partial charge in [-0.25, -0.2) is 8.42 Å². The van der Waals surface area contributed by atoms with E-state index in [1.807, 2.05) is 6.92 Å². The number of rotatable bonds is 15. The normalized spacial score (nSPS) is 14.3. The van der Waals surface area contributed by atoms with E-state index in [1.165, 1.54) is 44.9 Å². The summed E-state index contributed by atoms with van der Waals surface area (Å²) in [6, 6.07) is 0. The molecule has 6 heteroatoms. The maximum absolute atomic E-state index is 11.2. The molecule has 0 saturated carbocycles. The fourth-order valence-corrected chi connectivity index (χ4v) is 3.82. The Hall–Kier alpha value is 1.51. The third-order valence-corrected chi connectivity index (χ3v) is 5.52. The molecule has 134 valence electrons. The van der Waals surface area contributed by atoms with Gasteiger partial charge in [-0.1, -0.05) is 84.5 Å². The Labute approximate surface area is 186 Å². The SMILES string of the molecule is CCCCCCCCCCCCC(C(O)CCC)S(=O)(=O)[O-].[K+]. The average Bonchev–Trinajstić information content (AvgIpc) is 2.43. The largest absolute Gasteiger partial charge is 1.00 e. The molecule has 0 bridgehead atoms. The molecule has 0 aromatic rings. The third-order valence-electron chi connectivity index (χ3n) is 4.23. The topological polar surface area (TPSA) is 77.4 Å². The van der Waals surface area contributed by atoms with Gasteiger partial charge in [-0.05, 0) is 12.8 Å². The van der Waals surface area contributed by atoms with Gasteiger partial charge in [-0.2, -0.15) is 0 Å². The minimum Gasteiger partial charge on any atom is -0.748 e. The van der Waals surface area contributed by atoms with Crippen LogP contribution >= 0.6 is 0 Å². The molecule has 2 atom stereocenters. The molecule has 0 heterocycles. The van der Waals surface area contributed by atoms with Crippen molar-refractivity contribution in [2.45, 2.75) is 109 Å². The second kappa shape index (κ2) is 16.9. The minimum atomic E-state index is -4.40. The Morgan fingerprint density at radius 2 is 1.22 bits per heavy atom. The van der Waals surface area contributed by atoms with Crippen LogP contribution in [0, 0.1) is 0 Å². The van der Waals surface area contributed by atoms with E-state index in [9.17, 15) is 18.1 Å². The molecule has 0 aliphatic carbocycles. The smallest absolute Gasteiger partial charge is 0.748 e. The molecular formula is C17H35KO4S. The number of hydrogen-bond donors (Lipinski definition) is 1.